The number of carbonyl (C=O) groups excluding carboxylic acids is 1. The van der Waals surface area contributed by atoms with E-state index in [1.165, 1.54) is 0 Å². The summed E-state index contributed by atoms with van der Waals surface area (Å²) >= 11 is 0. The quantitative estimate of drug-likeness (QED) is 0.735. The standard InChI is InChI=1S/C13H18O3/c1-8(2)12(14)10-6-7-11(15-4)13(16-5)9(10)3/h6-8H,1-5H3. The number of rotatable bonds is 4. The summed E-state index contributed by atoms with van der Waals surface area (Å²) in [5.41, 5.74) is 1.54. The Labute approximate surface area is 96.4 Å². The monoisotopic (exact) mass is 222 g/mol. The maximum Gasteiger partial charge on any atom is 0.165 e. The Morgan fingerprint density at radius 1 is 1.19 bits per heavy atom. The normalized spacial score (nSPS) is 10.4. The molecule has 0 aromatic heterocycles. The summed E-state index contributed by atoms with van der Waals surface area (Å²) in [4.78, 5) is 11.9. The van der Waals surface area contributed by atoms with Gasteiger partial charge in [-0.25, -0.2) is 0 Å². The van der Waals surface area contributed by atoms with Gasteiger partial charge in [0.25, 0.3) is 0 Å². The van der Waals surface area contributed by atoms with Crippen molar-refractivity contribution in [2.45, 2.75) is 20.8 Å². The van der Waals surface area contributed by atoms with E-state index in [2.05, 4.69) is 0 Å². The van der Waals surface area contributed by atoms with E-state index in [0.29, 0.717) is 17.1 Å². The average Bonchev–Trinajstić information content (AvgIpc) is 2.27. The van der Waals surface area contributed by atoms with E-state index in [1.54, 1.807) is 26.4 Å². The van der Waals surface area contributed by atoms with Gasteiger partial charge >= 0.3 is 0 Å². The Hall–Kier alpha value is -1.51. The number of ketones is 1. The zero-order chi connectivity index (χ0) is 12.3. The summed E-state index contributed by atoms with van der Waals surface area (Å²) in [6.07, 6.45) is 0. The van der Waals surface area contributed by atoms with Crippen molar-refractivity contribution in [2.24, 2.45) is 5.92 Å². The van der Waals surface area contributed by atoms with Gasteiger partial charge in [-0.1, -0.05) is 13.8 Å². The molecule has 0 aliphatic rings. The Morgan fingerprint density at radius 3 is 2.25 bits per heavy atom. The predicted octanol–water partition coefficient (Wildman–Crippen LogP) is 2.85. The smallest absolute Gasteiger partial charge is 0.165 e. The third-order valence-corrected chi connectivity index (χ3v) is 2.58. The van der Waals surface area contributed by atoms with Crippen LogP contribution in [-0.2, 0) is 0 Å². The van der Waals surface area contributed by atoms with E-state index in [9.17, 15) is 4.79 Å². The van der Waals surface area contributed by atoms with Crippen LogP contribution in [0.3, 0.4) is 0 Å². The molecule has 0 saturated heterocycles. The van der Waals surface area contributed by atoms with Crippen molar-refractivity contribution in [2.75, 3.05) is 14.2 Å². The van der Waals surface area contributed by atoms with Gasteiger partial charge in [-0.15, -0.1) is 0 Å². The third kappa shape index (κ3) is 2.18. The molecule has 0 atom stereocenters. The van der Waals surface area contributed by atoms with E-state index < -0.39 is 0 Å². The highest BCUT2D eigenvalue weighted by Crippen LogP contribution is 2.33. The predicted molar refractivity (Wildman–Crippen MR) is 63.5 cm³/mol. The second kappa shape index (κ2) is 5.01. The summed E-state index contributed by atoms with van der Waals surface area (Å²) in [6, 6.07) is 3.56. The Morgan fingerprint density at radius 2 is 1.81 bits per heavy atom. The van der Waals surface area contributed by atoms with E-state index in [4.69, 9.17) is 9.47 Å². The van der Waals surface area contributed by atoms with Crippen molar-refractivity contribution >= 4 is 5.78 Å². The molecule has 0 fully saturated rings. The molecule has 0 aliphatic heterocycles. The van der Waals surface area contributed by atoms with Gasteiger partial charge in [0.1, 0.15) is 0 Å². The lowest BCUT2D eigenvalue weighted by Crippen LogP contribution is -2.10. The third-order valence-electron chi connectivity index (χ3n) is 2.58. The number of carbonyl (C=O) groups is 1. The maximum absolute atomic E-state index is 11.9. The Balaban J connectivity index is 3.29. The van der Waals surface area contributed by atoms with Crippen molar-refractivity contribution in [3.8, 4) is 11.5 Å². The molecule has 3 heteroatoms. The molecule has 0 bridgehead atoms. The molecule has 3 nitrogen and oxygen atoms in total. The lowest BCUT2D eigenvalue weighted by molar-refractivity contribution is 0.0938. The molecule has 0 heterocycles. The van der Waals surface area contributed by atoms with Crippen LogP contribution in [0.1, 0.15) is 29.8 Å². The highest BCUT2D eigenvalue weighted by molar-refractivity contribution is 5.99. The molecular formula is C13H18O3. The molecule has 0 amide bonds. The van der Waals surface area contributed by atoms with Gasteiger partial charge in [0, 0.05) is 17.0 Å². The minimum Gasteiger partial charge on any atom is -0.493 e. The lowest BCUT2D eigenvalue weighted by atomic mass is 9.96. The van der Waals surface area contributed by atoms with Crippen LogP contribution >= 0.6 is 0 Å². The van der Waals surface area contributed by atoms with Gasteiger partial charge in [-0.05, 0) is 19.1 Å². The first-order chi connectivity index (χ1) is 7.52. The van der Waals surface area contributed by atoms with Crippen LogP contribution < -0.4 is 9.47 Å². The summed E-state index contributed by atoms with van der Waals surface area (Å²) in [5.74, 6) is 1.39. The van der Waals surface area contributed by atoms with E-state index in [-0.39, 0.29) is 11.7 Å². The van der Waals surface area contributed by atoms with Crippen molar-refractivity contribution in [1.29, 1.82) is 0 Å². The Bertz CT molecular complexity index is 394. The molecule has 0 radical (unpaired) electrons. The fourth-order valence-electron chi connectivity index (χ4n) is 1.66. The summed E-state index contributed by atoms with van der Waals surface area (Å²) in [5, 5.41) is 0. The lowest BCUT2D eigenvalue weighted by Gasteiger charge is -2.14. The first kappa shape index (κ1) is 12.6. The van der Waals surface area contributed by atoms with Gasteiger partial charge in [-0.2, -0.15) is 0 Å². The van der Waals surface area contributed by atoms with Crippen molar-refractivity contribution in [3.63, 3.8) is 0 Å². The van der Waals surface area contributed by atoms with Crippen molar-refractivity contribution in [1.82, 2.24) is 0 Å². The fraction of sp³-hybridized carbons (Fsp3) is 0.462. The molecule has 16 heavy (non-hydrogen) atoms. The van der Waals surface area contributed by atoms with Crippen LogP contribution in [-0.4, -0.2) is 20.0 Å². The van der Waals surface area contributed by atoms with Crippen LogP contribution in [0.5, 0.6) is 11.5 Å². The topological polar surface area (TPSA) is 35.5 Å². The second-order valence-corrected chi connectivity index (χ2v) is 3.99. The van der Waals surface area contributed by atoms with Gasteiger partial charge in [0.2, 0.25) is 0 Å². The highest BCUT2D eigenvalue weighted by atomic mass is 16.5. The van der Waals surface area contributed by atoms with Crippen LogP contribution in [0.25, 0.3) is 0 Å². The molecular weight excluding hydrogens is 204 g/mol. The van der Waals surface area contributed by atoms with Crippen LogP contribution in [0.15, 0.2) is 12.1 Å². The number of hydrogen-bond donors (Lipinski definition) is 0. The van der Waals surface area contributed by atoms with E-state index >= 15 is 0 Å². The molecule has 0 N–H and O–H groups in total. The fourth-order valence-corrected chi connectivity index (χ4v) is 1.66. The SMILES string of the molecule is COc1ccc(C(=O)C(C)C)c(C)c1OC. The van der Waals surface area contributed by atoms with Crippen LogP contribution in [0.2, 0.25) is 0 Å². The van der Waals surface area contributed by atoms with Crippen LogP contribution in [0.4, 0.5) is 0 Å². The molecule has 1 aromatic carbocycles. The van der Waals surface area contributed by atoms with E-state index in [0.717, 1.165) is 5.56 Å². The first-order valence-corrected chi connectivity index (χ1v) is 5.28. The molecule has 0 spiro atoms. The summed E-state index contributed by atoms with van der Waals surface area (Å²) < 4.78 is 10.4. The minimum absolute atomic E-state index is 0.0169. The zero-order valence-electron chi connectivity index (χ0n) is 10.5. The minimum atomic E-state index is -0.0169. The summed E-state index contributed by atoms with van der Waals surface area (Å²) in [7, 11) is 3.16. The second-order valence-electron chi connectivity index (χ2n) is 3.99. The number of benzene rings is 1. The van der Waals surface area contributed by atoms with Crippen LogP contribution in [0, 0.1) is 12.8 Å². The number of methoxy groups -OCH3 is 2. The van der Waals surface area contributed by atoms with Gasteiger partial charge < -0.3 is 9.47 Å². The molecule has 1 aromatic rings. The van der Waals surface area contributed by atoms with Gasteiger partial charge in [0.15, 0.2) is 17.3 Å². The number of Topliss-reactive ketones (excluding diaryl/α,β-unsaturated/α-hetero) is 1. The number of hydrogen-bond acceptors (Lipinski definition) is 3. The van der Waals surface area contributed by atoms with Gasteiger partial charge in [-0.3, -0.25) is 4.79 Å². The van der Waals surface area contributed by atoms with Crippen molar-refractivity contribution in [3.05, 3.63) is 23.3 Å². The summed E-state index contributed by atoms with van der Waals surface area (Å²) in [6.45, 7) is 5.65. The molecule has 0 saturated carbocycles. The molecule has 1 rings (SSSR count). The van der Waals surface area contributed by atoms with Crippen molar-refractivity contribution < 1.29 is 14.3 Å². The highest BCUT2D eigenvalue weighted by Gasteiger charge is 2.18. The van der Waals surface area contributed by atoms with E-state index in [1.807, 2.05) is 20.8 Å². The first-order valence-electron chi connectivity index (χ1n) is 5.28. The molecule has 88 valence electrons. The average molecular weight is 222 g/mol. The Kier molecular flexibility index (Phi) is 3.93. The number of ether oxygens (including phenoxy) is 2. The maximum atomic E-state index is 11.9. The molecule has 0 unspecified atom stereocenters. The largest absolute Gasteiger partial charge is 0.493 e. The van der Waals surface area contributed by atoms with Gasteiger partial charge in [0.05, 0.1) is 14.2 Å². The molecule has 0 aliphatic carbocycles. The zero-order valence-corrected chi connectivity index (χ0v) is 10.5.